The number of ether oxygens (including phenoxy) is 1. The number of rotatable bonds is 5. The number of methoxy groups -OCH3 is 1. The van der Waals surface area contributed by atoms with E-state index >= 15 is 0 Å². The topological polar surface area (TPSA) is 44.8 Å². The van der Waals surface area contributed by atoms with Crippen molar-refractivity contribution < 1.29 is 9.53 Å². The van der Waals surface area contributed by atoms with Gasteiger partial charge < -0.3 is 19.9 Å². The molecule has 0 aliphatic carbocycles. The Morgan fingerprint density at radius 2 is 1.81 bits per heavy atom. The van der Waals surface area contributed by atoms with E-state index < -0.39 is 0 Å². The van der Waals surface area contributed by atoms with Crippen LogP contribution in [0.4, 0.5) is 11.4 Å². The Bertz CT molecular complexity index is 768. The van der Waals surface area contributed by atoms with Crippen molar-refractivity contribution in [3.8, 4) is 5.75 Å². The number of para-hydroxylation sites is 2. The first-order valence-electron chi connectivity index (χ1n) is 9.05. The summed E-state index contributed by atoms with van der Waals surface area (Å²) >= 11 is 0. The largest absolute Gasteiger partial charge is 0.495 e. The van der Waals surface area contributed by atoms with Crippen molar-refractivity contribution >= 4 is 17.3 Å². The molecule has 1 heterocycles. The molecule has 26 heavy (non-hydrogen) atoms. The van der Waals surface area contributed by atoms with Crippen molar-refractivity contribution in [2.45, 2.75) is 13.8 Å². The number of nitrogens with one attached hydrogen (secondary N) is 1. The van der Waals surface area contributed by atoms with Gasteiger partial charge in [-0.25, -0.2) is 0 Å². The second-order valence-corrected chi connectivity index (χ2v) is 6.71. The summed E-state index contributed by atoms with van der Waals surface area (Å²) in [5.74, 6) is 1.02. The molecule has 0 saturated carbocycles. The molecule has 138 valence electrons. The summed E-state index contributed by atoms with van der Waals surface area (Å²) in [5, 5.41) is 3.27. The molecular formula is C21H27N3O2. The molecule has 1 aliphatic heterocycles. The van der Waals surface area contributed by atoms with Gasteiger partial charge in [-0.1, -0.05) is 29.8 Å². The highest BCUT2D eigenvalue weighted by atomic mass is 16.5. The number of hydrogen-bond acceptors (Lipinski definition) is 4. The maximum atomic E-state index is 12.5. The first-order chi connectivity index (χ1) is 12.6. The molecule has 2 aromatic rings. The number of piperazine rings is 1. The van der Waals surface area contributed by atoms with E-state index in [2.05, 4.69) is 42.3 Å². The maximum Gasteiger partial charge on any atom is 0.241 e. The minimum absolute atomic E-state index is 0.143. The van der Waals surface area contributed by atoms with Gasteiger partial charge in [0.1, 0.15) is 5.75 Å². The summed E-state index contributed by atoms with van der Waals surface area (Å²) in [7, 11) is 1.69. The highest BCUT2D eigenvalue weighted by Crippen LogP contribution is 2.28. The first-order valence-corrected chi connectivity index (χ1v) is 9.05. The zero-order chi connectivity index (χ0) is 18.5. The number of nitrogens with zero attached hydrogens (tertiary/aromatic N) is 2. The van der Waals surface area contributed by atoms with Crippen molar-refractivity contribution in [2.75, 3.05) is 50.1 Å². The predicted molar refractivity (Wildman–Crippen MR) is 106 cm³/mol. The third kappa shape index (κ3) is 4.10. The van der Waals surface area contributed by atoms with Crippen LogP contribution in [0.2, 0.25) is 0 Å². The van der Waals surface area contributed by atoms with E-state index in [1.165, 1.54) is 11.1 Å². The molecule has 2 aromatic carbocycles. The Morgan fingerprint density at radius 3 is 2.50 bits per heavy atom. The number of amides is 1. The third-order valence-corrected chi connectivity index (χ3v) is 4.87. The molecular weight excluding hydrogens is 326 g/mol. The van der Waals surface area contributed by atoms with Crippen LogP contribution in [0.5, 0.6) is 5.75 Å². The smallest absolute Gasteiger partial charge is 0.241 e. The molecule has 5 nitrogen and oxygen atoms in total. The van der Waals surface area contributed by atoms with E-state index in [4.69, 9.17) is 4.74 Å². The van der Waals surface area contributed by atoms with Crippen LogP contribution in [0, 0.1) is 13.8 Å². The van der Waals surface area contributed by atoms with Crippen LogP contribution in [-0.4, -0.2) is 50.6 Å². The monoisotopic (exact) mass is 353 g/mol. The lowest BCUT2D eigenvalue weighted by Gasteiger charge is -2.36. The summed E-state index contributed by atoms with van der Waals surface area (Å²) in [6.07, 6.45) is 0. The summed E-state index contributed by atoms with van der Waals surface area (Å²) in [5.41, 5.74) is 4.51. The van der Waals surface area contributed by atoms with Crippen molar-refractivity contribution in [3.63, 3.8) is 0 Å². The summed E-state index contributed by atoms with van der Waals surface area (Å²) in [4.78, 5) is 16.7. The quantitative estimate of drug-likeness (QED) is 0.897. The Labute approximate surface area is 155 Å². The SMILES string of the molecule is COc1ccccc1N1CCN(C(=O)CNc2ccc(C)cc2C)CC1. The summed E-state index contributed by atoms with van der Waals surface area (Å²) < 4.78 is 5.45. The standard InChI is InChI=1S/C21H27N3O2/c1-16-8-9-18(17(2)14-16)22-15-21(25)24-12-10-23(11-13-24)19-6-4-5-7-20(19)26-3/h4-9,14,22H,10-13,15H2,1-3H3. The number of carbonyl (C=O) groups excluding carboxylic acids is 1. The van der Waals surface area contributed by atoms with Gasteiger partial charge in [-0.3, -0.25) is 4.79 Å². The molecule has 0 bridgehead atoms. The lowest BCUT2D eigenvalue weighted by molar-refractivity contribution is -0.129. The molecule has 0 unspecified atom stereocenters. The highest BCUT2D eigenvalue weighted by molar-refractivity contribution is 5.81. The van der Waals surface area contributed by atoms with Gasteiger partial charge in [0.15, 0.2) is 0 Å². The second kappa shape index (κ2) is 8.13. The maximum absolute atomic E-state index is 12.5. The molecule has 5 heteroatoms. The highest BCUT2D eigenvalue weighted by Gasteiger charge is 2.22. The number of benzene rings is 2. The van der Waals surface area contributed by atoms with Gasteiger partial charge in [0.05, 0.1) is 19.3 Å². The normalized spacial score (nSPS) is 14.3. The minimum atomic E-state index is 0.143. The van der Waals surface area contributed by atoms with E-state index in [9.17, 15) is 4.79 Å². The lowest BCUT2D eigenvalue weighted by atomic mass is 10.1. The van der Waals surface area contributed by atoms with Crippen molar-refractivity contribution in [3.05, 3.63) is 53.6 Å². The van der Waals surface area contributed by atoms with E-state index in [1.807, 2.05) is 29.2 Å². The fourth-order valence-electron chi connectivity index (χ4n) is 3.38. The lowest BCUT2D eigenvalue weighted by Crippen LogP contribution is -2.50. The number of anilines is 2. The van der Waals surface area contributed by atoms with Crippen molar-refractivity contribution in [1.82, 2.24) is 4.90 Å². The third-order valence-electron chi connectivity index (χ3n) is 4.87. The van der Waals surface area contributed by atoms with E-state index in [0.717, 1.165) is 43.3 Å². The zero-order valence-electron chi connectivity index (χ0n) is 15.8. The van der Waals surface area contributed by atoms with Crippen LogP contribution >= 0.6 is 0 Å². The fourth-order valence-corrected chi connectivity index (χ4v) is 3.38. The Hall–Kier alpha value is -2.69. The Morgan fingerprint density at radius 1 is 1.08 bits per heavy atom. The van der Waals surface area contributed by atoms with Crippen molar-refractivity contribution in [2.24, 2.45) is 0 Å². The molecule has 0 aromatic heterocycles. The summed E-state index contributed by atoms with van der Waals surface area (Å²) in [6, 6.07) is 14.3. The van der Waals surface area contributed by atoms with Gasteiger partial charge in [-0.05, 0) is 37.6 Å². The second-order valence-electron chi connectivity index (χ2n) is 6.71. The first kappa shape index (κ1) is 18.1. The molecule has 1 N–H and O–H groups in total. The zero-order valence-corrected chi connectivity index (χ0v) is 15.8. The predicted octanol–water partition coefficient (Wildman–Crippen LogP) is 3.07. The average Bonchev–Trinajstić information content (AvgIpc) is 2.67. The molecule has 1 amide bonds. The van der Waals surface area contributed by atoms with Crippen LogP contribution in [0.1, 0.15) is 11.1 Å². The van der Waals surface area contributed by atoms with Gasteiger partial charge in [-0.15, -0.1) is 0 Å². The molecule has 0 radical (unpaired) electrons. The van der Waals surface area contributed by atoms with Gasteiger partial charge in [0.2, 0.25) is 5.91 Å². The average molecular weight is 353 g/mol. The Kier molecular flexibility index (Phi) is 5.66. The molecule has 0 spiro atoms. The molecule has 3 rings (SSSR count). The van der Waals surface area contributed by atoms with Gasteiger partial charge in [0.25, 0.3) is 0 Å². The van der Waals surface area contributed by atoms with Gasteiger partial charge in [-0.2, -0.15) is 0 Å². The summed E-state index contributed by atoms with van der Waals surface area (Å²) in [6.45, 7) is 7.55. The number of hydrogen-bond donors (Lipinski definition) is 1. The molecule has 1 fully saturated rings. The van der Waals surface area contributed by atoms with Crippen LogP contribution in [0.15, 0.2) is 42.5 Å². The van der Waals surface area contributed by atoms with E-state index in [1.54, 1.807) is 7.11 Å². The van der Waals surface area contributed by atoms with E-state index in [-0.39, 0.29) is 5.91 Å². The number of carbonyl (C=O) groups is 1. The Balaban J connectivity index is 1.53. The molecule has 1 aliphatic rings. The van der Waals surface area contributed by atoms with Gasteiger partial charge in [0, 0.05) is 31.9 Å². The van der Waals surface area contributed by atoms with Crippen molar-refractivity contribution in [1.29, 1.82) is 0 Å². The van der Waals surface area contributed by atoms with Crippen LogP contribution < -0.4 is 15.0 Å². The molecule has 1 saturated heterocycles. The van der Waals surface area contributed by atoms with Crippen LogP contribution in [0.3, 0.4) is 0 Å². The molecule has 0 atom stereocenters. The van der Waals surface area contributed by atoms with Crippen LogP contribution in [0.25, 0.3) is 0 Å². The number of aryl methyl sites for hydroxylation is 2. The fraction of sp³-hybridized carbons (Fsp3) is 0.381. The van der Waals surface area contributed by atoms with Crippen LogP contribution in [-0.2, 0) is 4.79 Å². The van der Waals surface area contributed by atoms with Gasteiger partial charge >= 0.3 is 0 Å². The van der Waals surface area contributed by atoms with E-state index in [0.29, 0.717) is 6.54 Å². The minimum Gasteiger partial charge on any atom is -0.495 e.